The number of ether oxygens (including phenoxy) is 3. The molecule has 0 aliphatic rings. The fourth-order valence-corrected chi connectivity index (χ4v) is 3.63. The number of hydrogen-bond donors (Lipinski definition) is 1. The second-order valence-electron chi connectivity index (χ2n) is 5.28. The molecule has 26 heavy (non-hydrogen) atoms. The molecule has 8 heteroatoms. The number of nitrogens with zero attached hydrogens (tertiary/aromatic N) is 2. The second kappa shape index (κ2) is 8.46. The molecule has 0 fully saturated rings. The Morgan fingerprint density at radius 1 is 1.00 bits per heavy atom. The minimum Gasteiger partial charge on any atom is -0.497 e. The lowest BCUT2D eigenvalue weighted by molar-refractivity contribution is 0.398. The van der Waals surface area contributed by atoms with Crippen LogP contribution in [0.1, 0.15) is 5.56 Å². The van der Waals surface area contributed by atoms with Crippen molar-refractivity contribution in [2.45, 2.75) is 10.9 Å². The fraction of sp³-hybridized carbons (Fsp3) is 0.222. The predicted octanol–water partition coefficient (Wildman–Crippen LogP) is 4.55. The quantitative estimate of drug-likeness (QED) is 0.548. The topological polar surface area (TPSA) is 69.3 Å². The lowest BCUT2D eigenvalue weighted by Gasteiger charge is -2.11. The SMILES string of the molecule is COc1ccc(-c2nc(SCc3cc(OC)c(Br)cc3OC)n[nH]2)cc1. The van der Waals surface area contributed by atoms with Crippen molar-refractivity contribution in [1.29, 1.82) is 0 Å². The molecule has 3 rings (SSSR count). The van der Waals surface area contributed by atoms with E-state index in [1.807, 2.05) is 36.4 Å². The van der Waals surface area contributed by atoms with Gasteiger partial charge in [-0.25, -0.2) is 4.98 Å². The van der Waals surface area contributed by atoms with E-state index in [1.54, 1.807) is 21.3 Å². The van der Waals surface area contributed by atoms with E-state index in [4.69, 9.17) is 14.2 Å². The number of H-pyrrole nitrogens is 1. The average Bonchev–Trinajstić information content (AvgIpc) is 3.15. The van der Waals surface area contributed by atoms with Gasteiger partial charge in [0.05, 0.1) is 25.8 Å². The number of halogens is 1. The van der Waals surface area contributed by atoms with E-state index in [-0.39, 0.29) is 0 Å². The first kappa shape index (κ1) is 18.6. The van der Waals surface area contributed by atoms with E-state index >= 15 is 0 Å². The fourth-order valence-electron chi connectivity index (χ4n) is 2.37. The highest BCUT2D eigenvalue weighted by atomic mass is 79.9. The van der Waals surface area contributed by atoms with Crippen LogP contribution in [0.2, 0.25) is 0 Å². The van der Waals surface area contributed by atoms with Gasteiger partial charge in [-0.05, 0) is 52.3 Å². The van der Waals surface area contributed by atoms with Crippen LogP contribution in [0.4, 0.5) is 0 Å². The molecule has 2 aromatic carbocycles. The Morgan fingerprint density at radius 3 is 2.38 bits per heavy atom. The van der Waals surface area contributed by atoms with Gasteiger partial charge in [0.2, 0.25) is 5.16 Å². The maximum absolute atomic E-state index is 5.45. The van der Waals surface area contributed by atoms with Gasteiger partial charge in [0.25, 0.3) is 0 Å². The van der Waals surface area contributed by atoms with Crippen molar-refractivity contribution >= 4 is 27.7 Å². The van der Waals surface area contributed by atoms with Crippen LogP contribution in [0, 0.1) is 0 Å². The summed E-state index contributed by atoms with van der Waals surface area (Å²) in [4.78, 5) is 4.54. The Hall–Kier alpha value is -2.19. The molecule has 0 saturated heterocycles. The van der Waals surface area contributed by atoms with Crippen molar-refractivity contribution in [2.75, 3.05) is 21.3 Å². The van der Waals surface area contributed by atoms with Crippen LogP contribution in [0.15, 0.2) is 46.0 Å². The summed E-state index contributed by atoms with van der Waals surface area (Å²) in [6.07, 6.45) is 0. The molecule has 0 aliphatic carbocycles. The highest BCUT2D eigenvalue weighted by Crippen LogP contribution is 2.35. The lowest BCUT2D eigenvalue weighted by atomic mass is 10.2. The summed E-state index contributed by atoms with van der Waals surface area (Å²) < 4.78 is 16.8. The van der Waals surface area contributed by atoms with Crippen LogP contribution in [0.25, 0.3) is 11.4 Å². The molecule has 3 aromatic rings. The van der Waals surface area contributed by atoms with Gasteiger partial charge >= 0.3 is 0 Å². The lowest BCUT2D eigenvalue weighted by Crippen LogP contribution is -1.94. The maximum atomic E-state index is 5.45. The normalized spacial score (nSPS) is 10.6. The van der Waals surface area contributed by atoms with Crippen molar-refractivity contribution in [3.05, 3.63) is 46.4 Å². The summed E-state index contributed by atoms with van der Waals surface area (Å²) in [6.45, 7) is 0. The van der Waals surface area contributed by atoms with Gasteiger partial charge in [-0.3, -0.25) is 5.10 Å². The van der Waals surface area contributed by atoms with Gasteiger partial charge in [0.1, 0.15) is 17.2 Å². The summed E-state index contributed by atoms with van der Waals surface area (Å²) >= 11 is 4.99. The number of nitrogens with one attached hydrogen (secondary N) is 1. The van der Waals surface area contributed by atoms with Crippen molar-refractivity contribution in [2.24, 2.45) is 0 Å². The van der Waals surface area contributed by atoms with Crippen LogP contribution >= 0.6 is 27.7 Å². The summed E-state index contributed by atoms with van der Waals surface area (Å²) in [5.41, 5.74) is 1.96. The molecule has 136 valence electrons. The molecule has 1 heterocycles. The molecule has 0 aliphatic heterocycles. The highest BCUT2D eigenvalue weighted by molar-refractivity contribution is 9.10. The van der Waals surface area contributed by atoms with Crippen molar-refractivity contribution in [3.8, 4) is 28.6 Å². The van der Waals surface area contributed by atoms with Gasteiger partial charge in [0, 0.05) is 16.9 Å². The summed E-state index contributed by atoms with van der Waals surface area (Å²) in [6, 6.07) is 11.5. The Morgan fingerprint density at radius 2 is 1.73 bits per heavy atom. The number of hydrogen-bond acceptors (Lipinski definition) is 6. The summed E-state index contributed by atoms with van der Waals surface area (Å²) in [5.74, 6) is 3.73. The molecule has 0 radical (unpaired) electrons. The molecular weight excluding hydrogens is 418 g/mol. The molecule has 0 unspecified atom stereocenters. The molecule has 6 nitrogen and oxygen atoms in total. The zero-order valence-electron chi connectivity index (χ0n) is 14.6. The second-order valence-corrected chi connectivity index (χ2v) is 7.08. The number of rotatable bonds is 7. The van der Waals surface area contributed by atoms with Crippen LogP contribution in [-0.2, 0) is 5.75 Å². The van der Waals surface area contributed by atoms with Gasteiger partial charge in [-0.15, -0.1) is 5.10 Å². The van der Waals surface area contributed by atoms with E-state index in [0.717, 1.165) is 38.7 Å². The third-order valence-corrected chi connectivity index (χ3v) is 5.26. The summed E-state index contributed by atoms with van der Waals surface area (Å²) in [7, 11) is 4.93. The predicted molar refractivity (Wildman–Crippen MR) is 105 cm³/mol. The van der Waals surface area contributed by atoms with E-state index in [0.29, 0.717) is 10.9 Å². The number of aromatic nitrogens is 3. The number of methoxy groups -OCH3 is 3. The van der Waals surface area contributed by atoms with Crippen molar-refractivity contribution < 1.29 is 14.2 Å². The van der Waals surface area contributed by atoms with Crippen LogP contribution in [-0.4, -0.2) is 36.5 Å². The Labute approximate surface area is 164 Å². The molecule has 0 saturated carbocycles. The van der Waals surface area contributed by atoms with Crippen molar-refractivity contribution in [1.82, 2.24) is 15.2 Å². The first-order chi connectivity index (χ1) is 12.6. The largest absolute Gasteiger partial charge is 0.497 e. The molecule has 0 bridgehead atoms. The molecule has 0 spiro atoms. The van der Waals surface area contributed by atoms with E-state index in [2.05, 4.69) is 31.1 Å². The molecule has 0 atom stereocenters. The minimum atomic E-state index is 0.659. The third-order valence-electron chi connectivity index (χ3n) is 3.74. The standard InChI is InChI=1S/C18H18BrN3O3S/c1-23-13-6-4-11(5-7-13)17-20-18(22-21-17)26-10-12-8-16(25-3)14(19)9-15(12)24-2/h4-9H,10H2,1-3H3,(H,20,21,22). The van der Waals surface area contributed by atoms with Crippen LogP contribution in [0.3, 0.4) is 0 Å². The van der Waals surface area contributed by atoms with Gasteiger partial charge in [-0.1, -0.05) is 11.8 Å². The van der Waals surface area contributed by atoms with Gasteiger partial charge in [-0.2, -0.15) is 0 Å². The highest BCUT2D eigenvalue weighted by Gasteiger charge is 2.12. The van der Waals surface area contributed by atoms with Gasteiger partial charge in [0.15, 0.2) is 5.82 Å². The Balaban J connectivity index is 1.73. The minimum absolute atomic E-state index is 0.659. The number of benzene rings is 2. The monoisotopic (exact) mass is 435 g/mol. The van der Waals surface area contributed by atoms with E-state index in [9.17, 15) is 0 Å². The molecule has 1 aromatic heterocycles. The number of aromatic amines is 1. The zero-order chi connectivity index (χ0) is 18.5. The zero-order valence-corrected chi connectivity index (χ0v) is 17.0. The molecular formula is C18H18BrN3O3S. The Kier molecular flexibility index (Phi) is 6.05. The third kappa shape index (κ3) is 4.13. The van der Waals surface area contributed by atoms with E-state index < -0.39 is 0 Å². The summed E-state index contributed by atoms with van der Waals surface area (Å²) in [5, 5.41) is 7.92. The average molecular weight is 436 g/mol. The van der Waals surface area contributed by atoms with E-state index in [1.165, 1.54) is 11.8 Å². The Bertz CT molecular complexity index is 884. The van der Waals surface area contributed by atoms with Crippen LogP contribution in [0.5, 0.6) is 17.2 Å². The number of thioether (sulfide) groups is 1. The smallest absolute Gasteiger partial charge is 0.209 e. The molecule has 0 amide bonds. The van der Waals surface area contributed by atoms with Gasteiger partial charge < -0.3 is 14.2 Å². The van der Waals surface area contributed by atoms with Crippen LogP contribution < -0.4 is 14.2 Å². The first-order valence-electron chi connectivity index (χ1n) is 7.74. The molecule has 1 N–H and O–H groups in total. The maximum Gasteiger partial charge on any atom is 0.209 e. The van der Waals surface area contributed by atoms with Crippen molar-refractivity contribution in [3.63, 3.8) is 0 Å². The first-order valence-corrected chi connectivity index (χ1v) is 9.52.